The summed E-state index contributed by atoms with van der Waals surface area (Å²) in [6.45, 7) is 6.27. The molecule has 1 saturated heterocycles. The van der Waals surface area contributed by atoms with E-state index in [0.717, 1.165) is 50.5 Å². The second kappa shape index (κ2) is 7.54. The Morgan fingerprint density at radius 3 is 2.48 bits per heavy atom. The van der Waals surface area contributed by atoms with Gasteiger partial charge in [0.2, 0.25) is 0 Å². The van der Waals surface area contributed by atoms with Gasteiger partial charge in [0.25, 0.3) is 5.91 Å². The van der Waals surface area contributed by atoms with E-state index in [-0.39, 0.29) is 5.91 Å². The molecule has 0 saturated carbocycles. The Hall–Kier alpha value is -2.58. The van der Waals surface area contributed by atoms with Crippen LogP contribution in [-0.2, 0) is 13.6 Å². The van der Waals surface area contributed by atoms with Gasteiger partial charge in [-0.3, -0.25) is 9.69 Å². The van der Waals surface area contributed by atoms with Crippen molar-refractivity contribution in [1.82, 2.24) is 14.4 Å². The molecular formula is C20H24N4O. The number of nitriles is 1. The van der Waals surface area contributed by atoms with Crippen molar-refractivity contribution in [2.75, 3.05) is 26.2 Å². The van der Waals surface area contributed by atoms with Crippen LogP contribution in [0.2, 0.25) is 0 Å². The summed E-state index contributed by atoms with van der Waals surface area (Å²) in [6.07, 6.45) is 0.978. The van der Waals surface area contributed by atoms with E-state index < -0.39 is 0 Å². The first kappa shape index (κ1) is 17.2. The molecule has 25 heavy (non-hydrogen) atoms. The van der Waals surface area contributed by atoms with Gasteiger partial charge in [0, 0.05) is 45.5 Å². The SMILES string of the molecule is Cc1ccc(C(=O)N2CCCN(Cc3ccc(C#N)cc3)CC2)n1C. The number of nitrogens with zero attached hydrogens (tertiary/aromatic N) is 4. The van der Waals surface area contributed by atoms with Gasteiger partial charge >= 0.3 is 0 Å². The summed E-state index contributed by atoms with van der Waals surface area (Å²) in [6, 6.07) is 13.8. The van der Waals surface area contributed by atoms with Crippen molar-refractivity contribution in [1.29, 1.82) is 5.26 Å². The maximum atomic E-state index is 12.8. The van der Waals surface area contributed by atoms with Gasteiger partial charge in [-0.25, -0.2) is 0 Å². The molecule has 1 amide bonds. The van der Waals surface area contributed by atoms with Crippen LogP contribution in [-0.4, -0.2) is 46.5 Å². The minimum absolute atomic E-state index is 0.121. The second-order valence-electron chi connectivity index (χ2n) is 6.65. The van der Waals surface area contributed by atoms with Crippen LogP contribution >= 0.6 is 0 Å². The minimum atomic E-state index is 0.121. The lowest BCUT2D eigenvalue weighted by atomic mass is 10.1. The van der Waals surface area contributed by atoms with Gasteiger partial charge in [-0.15, -0.1) is 0 Å². The maximum Gasteiger partial charge on any atom is 0.270 e. The molecule has 0 spiro atoms. The van der Waals surface area contributed by atoms with E-state index in [2.05, 4.69) is 11.0 Å². The fraction of sp³-hybridized carbons (Fsp3) is 0.400. The van der Waals surface area contributed by atoms with E-state index >= 15 is 0 Å². The molecule has 0 atom stereocenters. The lowest BCUT2D eigenvalue weighted by Gasteiger charge is -2.22. The number of benzene rings is 1. The highest BCUT2D eigenvalue weighted by atomic mass is 16.2. The number of aryl methyl sites for hydroxylation is 1. The normalized spacial score (nSPS) is 15.6. The Kier molecular flexibility index (Phi) is 5.20. The number of amides is 1. The molecule has 1 aliphatic rings. The fourth-order valence-electron chi connectivity index (χ4n) is 3.26. The summed E-state index contributed by atoms with van der Waals surface area (Å²) in [5.74, 6) is 0.121. The lowest BCUT2D eigenvalue weighted by molar-refractivity contribution is 0.0751. The van der Waals surface area contributed by atoms with Gasteiger partial charge in [-0.2, -0.15) is 5.26 Å². The van der Waals surface area contributed by atoms with E-state index in [1.165, 1.54) is 5.56 Å². The van der Waals surface area contributed by atoms with Crippen molar-refractivity contribution < 1.29 is 4.79 Å². The standard InChI is InChI=1S/C20H24N4O/c1-16-4-9-19(22(16)2)20(25)24-11-3-10-23(12-13-24)15-18-7-5-17(14-21)6-8-18/h4-9H,3,10-13,15H2,1-2H3. The molecule has 1 aromatic heterocycles. The van der Waals surface area contributed by atoms with Gasteiger partial charge in [0.1, 0.15) is 5.69 Å². The largest absolute Gasteiger partial charge is 0.344 e. The molecule has 0 radical (unpaired) electrons. The average molecular weight is 336 g/mol. The summed E-state index contributed by atoms with van der Waals surface area (Å²) in [7, 11) is 1.94. The zero-order valence-corrected chi connectivity index (χ0v) is 14.9. The third-order valence-electron chi connectivity index (χ3n) is 4.96. The van der Waals surface area contributed by atoms with Crippen molar-refractivity contribution in [3.8, 4) is 6.07 Å². The van der Waals surface area contributed by atoms with Crippen LogP contribution in [0.15, 0.2) is 36.4 Å². The second-order valence-corrected chi connectivity index (χ2v) is 6.65. The predicted octanol–water partition coefficient (Wildman–Crippen LogP) is 2.55. The zero-order chi connectivity index (χ0) is 17.8. The molecule has 2 heterocycles. The van der Waals surface area contributed by atoms with Gasteiger partial charge in [0.15, 0.2) is 0 Å². The Morgan fingerprint density at radius 1 is 1.08 bits per heavy atom. The number of carbonyl (C=O) groups is 1. The molecule has 130 valence electrons. The highest BCUT2D eigenvalue weighted by molar-refractivity contribution is 5.93. The van der Waals surface area contributed by atoms with Gasteiger partial charge in [-0.05, 0) is 43.2 Å². The molecular weight excluding hydrogens is 312 g/mol. The van der Waals surface area contributed by atoms with E-state index in [1.807, 2.05) is 59.8 Å². The first-order valence-electron chi connectivity index (χ1n) is 8.71. The predicted molar refractivity (Wildman–Crippen MR) is 97.1 cm³/mol. The van der Waals surface area contributed by atoms with Crippen molar-refractivity contribution in [3.63, 3.8) is 0 Å². The molecule has 5 nitrogen and oxygen atoms in total. The van der Waals surface area contributed by atoms with Crippen LogP contribution in [0, 0.1) is 18.3 Å². The Labute approximate surface area is 149 Å². The van der Waals surface area contributed by atoms with Crippen LogP contribution in [0.5, 0.6) is 0 Å². The summed E-state index contributed by atoms with van der Waals surface area (Å²) < 4.78 is 1.96. The van der Waals surface area contributed by atoms with Crippen molar-refractivity contribution >= 4 is 5.91 Å². The summed E-state index contributed by atoms with van der Waals surface area (Å²) in [4.78, 5) is 17.1. The van der Waals surface area contributed by atoms with Crippen LogP contribution in [0.1, 0.15) is 33.7 Å². The molecule has 1 aliphatic heterocycles. The molecule has 0 bridgehead atoms. The van der Waals surface area contributed by atoms with E-state index in [9.17, 15) is 4.79 Å². The minimum Gasteiger partial charge on any atom is -0.344 e. The molecule has 3 rings (SSSR count). The lowest BCUT2D eigenvalue weighted by Crippen LogP contribution is -2.36. The van der Waals surface area contributed by atoms with Gasteiger partial charge < -0.3 is 9.47 Å². The molecule has 5 heteroatoms. The van der Waals surface area contributed by atoms with Crippen LogP contribution in [0.3, 0.4) is 0 Å². The van der Waals surface area contributed by atoms with E-state index in [4.69, 9.17) is 5.26 Å². The summed E-state index contributed by atoms with van der Waals surface area (Å²) >= 11 is 0. The van der Waals surface area contributed by atoms with Crippen molar-refractivity contribution in [2.45, 2.75) is 19.9 Å². The smallest absolute Gasteiger partial charge is 0.270 e. The van der Waals surface area contributed by atoms with Crippen LogP contribution in [0.4, 0.5) is 0 Å². The molecule has 2 aromatic rings. The molecule has 1 aromatic carbocycles. The van der Waals surface area contributed by atoms with Crippen molar-refractivity contribution in [3.05, 3.63) is 58.9 Å². The number of hydrogen-bond donors (Lipinski definition) is 0. The molecule has 0 N–H and O–H groups in total. The monoisotopic (exact) mass is 336 g/mol. The topological polar surface area (TPSA) is 52.3 Å². The number of hydrogen-bond acceptors (Lipinski definition) is 3. The first-order chi connectivity index (χ1) is 12.1. The molecule has 0 unspecified atom stereocenters. The highest BCUT2D eigenvalue weighted by Gasteiger charge is 2.22. The third kappa shape index (κ3) is 3.92. The zero-order valence-electron chi connectivity index (χ0n) is 14.9. The van der Waals surface area contributed by atoms with E-state index in [0.29, 0.717) is 5.56 Å². The molecule has 0 aliphatic carbocycles. The average Bonchev–Trinajstić information content (AvgIpc) is 2.83. The number of aromatic nitrogens is 1. The number of rotatable bonds is 3. The summed E-state index contributed by atoms with van der Waals surface area (Å²) in [5, 5.41) is 8.88. The first-order valence-corrected chi connectivity index (χ1v) is 8.71. The van der Waals surface area contributed by atoms with Crippen molar-refractivity contribution in [2.24, 2.45) is 7.05 Å². The Balaban J connectivity index is 1.61. The summed E-state index contributed by atoms with van der Waals surface area (Å²) in [5.41, 5.74) is 3.75. The van der Waals surface area contributed by atoms with Gasteiger partial charge in [0.05, 0.1) is 11.6 Å². The third-order valence-corrected chi connectivity index (χ3v) is 4.96. The number of carbonyl (C=O) groups excluding carboxylic acids is 1. The highest BCUT2D eigenvalue weighted by Crippen LogP contribution is 2.14. The van der Waals surface area contributed by atoms with Gasteiger partial charge in [-0.1, -0.05) is 12.1 Å². The van der Waals surface area contributed by atoms with Crippen LogP contribution in [0.25, 0.3) is 0 Å². The Morgan fingerprint density at radius 2 is 1.84 bits per heavy atom. The Bertz CT molecular complexity index is 785. The quantitative estimate of drug-likeness (QED) is 0.865. The van der Waals surface area contributed by atoms with E-state index in [1.54, 1.807) is 0 Å². The molecule has 1 fully saturated rings. The maximum absolute atomic E-state index is 12.8. The fourth-order valence-corrected chi connectivity index (χ4v) is 3.26. The van der Waals surface area contributed by atoms with Crippen LogP contribution < -0.4 is 0 Å².